The van der Waals surface area contributed by atoms with Gasteiger partial charge in [-0.15, -0.1) is 0 Å². The third kappa shape index (κ3) is 5.34. The number of hydrogen-bond donors (Lipinski definition) is 0. The molecule has 1 aromatic carbocycles. The van der Waals surface area contributed by atoms with E-state index in [2.05, 4.69) is 16.0 Å². The number of carbonyl (C=O) groups excluding carboxylic acids is 1. The molecule has 4 rings (SSSR count). The van der Waals surface area contributed by atoms with E-state index < -0.39 is 0 Å². The van der Waals surface area contributed by atoms with Crippen molar-refractivity contribution in [3.05, 3.63) is 59.7 Å². The fraction of sp³-hybridized carbons (Fsp3) is 0.478. The lowest BCUT2D eigenvalue weighted by molar-refractivity contribution is -0.155. The number of carbonyl (C=O) groups is 1. The summed E-state index contributed by atoms with van der Waals surface area (Å²) in [5, 5.41) is 0. The molecule has 2 aliphatic rings. The van der Waals surface area contributed by atoms with E-state index in [0.29, 0.717) is 18.9 Å². The number of aromatic nitrogens is 1. The van der Waals surface area contributed by atoms with Crippen LogP contribution in [0.5, 0.6) is 5.75 Å². The third-order valence-corrected chi connectivity index (χ3v) is 5.74. The van der Waals surface area contributed by atoms with Gasteiger partial charge in [-0.2, -0.15) is 0 Å². The highest BCUT2D eigenvalue weighted by Crippen LogP contribution is 2.22. The van der Waals surface area contributed by atoms with Crippen LogP contribution >= 0.6 is 0 Å². The zero-order valence-corrected chi connectivity index (χ0v) is 17.3. The van der Waals surface area contributed by atoms with Crippen molar-refractivity contribution >= 4 is 5.91 Å². The first-order valence-electron chi connectivity index (χ1n) is 10.5. The minimum atomic E-state index is -0.294. The topological polar surface area (TPSA) is 54.9 Å². The van der Waals surface area contributed by atoms with Crippen LogP contribution in [0, 0.1) is 12.7 Å². The summed E-state index contributed by atoms with van der Waals surface area (Å²) >= 11 is 0. The molecule has 1 unspecified atom stereocenters. The fourth-order valence-electron chi connectivity index (χ4n) is 4.13. The molecule has 2 saturated heterocycles. The van der Waals surface area contributed by atoms with Gasteiger partial charge in [-0.3, -0.25) is 14.7 Å². The molecule has 0 aliphatic carbocycles. The van der Waals surface area contributed by atoms with Crippen molar-refractivity contribution < 1.29 is 18.7 Å². The van der Waals surface area contributed by atoms with Gasteiger partial charge in [-0.25, -0.2) is 4.39 Å². The summed E-state index contributed by atoms with van der Waals surface area (Å²) in [7, 11) is 0. The van der Waals surface area contributed by atoms with Gasteiger partial charge in [0.25, 0.3) is 0 Å². The largest absolute Gasteiger partial charge is 0.491 e. The molecule has 0 radical (unpaired) electrons. The highest BCUT2D eigenvalue weighted by atomic mass is 19.1. The van der Waals surface area contributed by atoms with Crippen molar-refractivity contribution in [3.63, 3.8) is 0 Å². The number of nitrogens with zero attached hydrogens (tertiary/aromatic N) is 3. The zero-order chi connectivity index (χ0) is 20.9. The van der Waals surface area contributed by atoms with Crippen molar-refractivity contribution in [2.45, 2.75) is 38.5 Å². The maximum Gasteiger partial charge on any atom is 0.248 e. The SMILES string of the molecule is Cc1cccc(CN2CCC(N3CC(COc4ccc(F)cc4)OCC3=O)CC2)n1. The maximum absolute atomic E-state index is 13.0. The van der Waals surface area contributed by atoms with Gasteiger partial charge in [0, 0.05) is 31.4 Å². The van der Waals surface area contributed by atoms with Gasteiger partial charge in [0.15, 0.2) is 0 Å². The average molecular weight is 413 g/mol. The smallest absolute Gasteiger partial charge is 0.248 e. The number of piperidine rings is 1. The van der Waals surface area contributed by atoms with Gasteiger partial charge < -0.3 is 14.4 Å². The standard InChI is InChI=1S/C23H28FN3O3/c1-17-3-2-4-19(25-17)13-26-11-9-20(10-12-26)27-14-22(30-16-23(27)28)15-29-21-7-5-18(24)6-8-21/h2-8,20,22H,9-16H2,1H3. The number of hydrogen-bond acceptors (Lipinski definition) is 5. The Balaban J connectivity index is 1.27. The monoisotopic (exact) mass is 413 g/mol. The summed E-state index contributed by atoms with van der Waals surface area (Å²) in [6, 6.07) is 12.3. The number of rotatable bonds is 6. The van der Waals surface area contributed by atoms with E-state index >= 15 is 0 Å². The Morgan fingerprint density at radius 1 is 1.17 bits per heavy atom. The number of halogens is 1. The Morgan fingerprint density at radius 2 is 1.93 bits per heavy atom. The Kier molecular flexibility index (Phi) is 6.59. The minimum absolute atomic E-state index is 0.0480. The molecule has 1 atom stereocenters. The number of morpholine rings is 1. The van der Waals surface area contributed by atoms with Crippen molar-refractivity contribution in [1.29, 1.82) is 0 Å². The maximum atomic E-state index is 13.0. The average Bonchev–Trinajstić information content (AvgIpc) is 2.75. The predicted molar refractivity (Wildman–Crippen MR) is 111 cm³/mol. The Labute approximate surface area is 176 Å². The highest BCUT2D eigenvalue weighted by Gasteiger charge is 2.33. The fourth-order valence-corrected chi connectivity index (χ4v) is 4.13. The summed E-state index contributed by atoms with van der Waals surface area (Å²) < 4.78 is 24.4. The number of ether oxygens (including phenoxy) is 2. The molecule has 7 heteroatoms. The molecular weight excluding hydrogens is 385 g/mol. The van der Waals surface area contributed by atoms with Crippen LogP contribution in [0.15, 0.2) is 42.5 Å². The van der Waals surface area contributed by atoms with Gasteiger partial charge in [-0.1, -0.05) is 6.07 Å². The molecule has 30 heavy (non-hydrogen) atoms. The van der Waals surface area contributed by atoms with Crippen molar-refractivity contribution in [2.75, 3.05) is 32.8 Å². The zero-order valence-electron chi connectivity index (χ0n) is 17.3. The van der Waals surface area contributed by atoms with Gasteiger partial charge in [-0.05, 0) is 56.2 Å². The van der Waals surface area contributed by atoms with Crippen LogP contribution in [0.4, 0.5) is 4.39 Å². The predicted octanol–water partition coefficient (Wildman–Crippen LogP) is 2.80. The first kappa shape index (κ1) is 20.8. The van der Waals surface area contributed by atoms with Gasteiger partial charge in [0.05, 0.1) is 12.2 Å². The number of benzene rings is 1. The van der Waals surface area contributed by atoms with E-state index in [1.54, 1.807) is 12.1 Å². The third-order valence-electron chi connectivity index (χ3n) is 5.74. The molecular formula is C23H28FN3O3. The van der Waals surface area contributed by atoms with Crippen LogP contribution in [0.3, 0.4) is 0 Å². The van der Waals surface area contributed by atoms with E-state index in [1.165, 1.54) is 12.1 Å². The lowest BCUT2D eigenvalue weighted by Gasteiger charge is -2.42. The molecule has 0 spiro atoms. The number of pyridine rings is 1. The summed E-state index contributed by atoms with van der Waals surface area (Å²) in [5.74, 6) is 0.353. The number of likely N-dealkylation sites (tertiary alicyclic amines) is 1. The summed E-state index contributed by atoms with van der Waals surface area (Å²) in [4.78, 5) is 21.4. The minimum Gasteiger partial charge on any atom is -0.491 e. The summed E-state index contributed by atoms with van der Waals surface area (Å²) in [5.41, 5.74) is 2.13. The molecule has 0 N–H and O–H groups in total. The molecule has 0 bridgehead atoms. The van der Waals surface area contributed by atoms with Crippen LogP contribution in [-0.4, -0.2) is 65.7 Å². The lowest BCUT2D eigenvalue weighted by Crippen LogP contribution is -2.55. The Bertz CT molecular complexity index is 853. The van der Waals surface area contributed by atoms with E-state index in [0.717, 1.165) is 43.9 Å². The molecule has 160 valence electrons. The van der Waals surface area contributed by atoms with Gasteiger partial charge >= 0.3 is 0 Å². The second kappa shape index (κ2) is 9.53. The van der Waals surface area contributed by atoms with E-state index in [4.69, 9.17) is 9.47 Å². The Hall–Kier alpha value is -2.51. The van der Waals surface area contributed by atoms with E-state index in [9.17, 15) is 9.18 Å². The molecule has 3 heterocycles. The molecule has 0 saturated carbocycles. The summed E-state index contributed by atoms with van der Waals surface area (Å²) in [6.45, 7) is 5.71. The Morgan fingerprint density at radius 3 is 2.67 bits per heavy atom. The van der Waals surface area contributed by atoms with Crippen LogP contribution in [0.25, 0.3) is 0 Å². The summed E-state index contributed by atoms with van der Waals surface area (Å²) in [6.07, 6.45) is 1.72. The lowest BCUT2D eigenvalue weighted by atomic mass is 10.0. The number of amides is 1. The first-order valence-corrected chi connectivity index (χ1v) is 10.5. The van der Waals surface area contributed by atoms with Gasteiger partial charge in [0.2, 0.25) is 5.91 Å². The second-order valence-corrected chi connectivity index (χ2v) is 8.02. The normalized spacial score (nSPS) is 21.1. The van der Waals surface area contributed by atoms with Crippen LogP contribution < -0.4 is 4.74 Å². The molecule has 2 fully saturated rings. The van der Waals surface area contributed by atoms with Crippen LogP contribution in [0.1, 0.15) is 24.2 Å². The van der Waals surface area contributed by atoms with Crippen LogP contribution in [-0.2, 0) is 16.1 Å². The van der Waals surface area contributed by atoms with E-state index in [1.807, 2.05) is 24.0 Å². The van der Waals surface area contributed by atoms with Crippen LogP contribution in [0.2, 0.25) is 0 Å². The molecule has 1 amide bonds. The molecule has 1 aromatic heterocycles. The molecule has 2 aliphatic heterocycles. The first-order chi connectivity index (χ1) is 14.6. The quantitative estimate of drug-likeness (QED) is 0.729. The van der Waals surface area contributed by atoms with Crippen molar-refractivity contribution in [2.24, 2.45) is 0 Å². The second-order valence-electron chi connectivity index (χ2n) is 8.02. The molecule has 2 aromatic rings. The van der Waals surface area contributed by atoms with Crippen molar-refractivity contribution in [3.8, 4) is 5.75 Å². The van der Waals surface area contributed by atoms with Gasteiger partial charge in [0.1, 0.15) is 30.9 Å². The van der Waals surface area contributed by atoms with Crippen molar-refractivity contribution in [1.82, 2.24) is 14.8 Å². The highest BCUT2D eigenvalue weighted by molar-refractivity contribution is 5.78. The van der Waals surface area contributed by atoms with E-state index in [-0.39, 0.29) is 30.5 Å². The number of aryl methyl sites for hydroxylation is 1. The molecule has 6 nitrogen and oxygen atoms in total.